The molecule has 0 aliphatic heterocycles. The number of aliphatic hydroxyl groups excluding tert-OH is 1. The first-order valence-electron chi connectivity index (χ1n) is 8.73. The zero-order valence-electron chi connectivity index (χ0n) is 15.5. The van der Waals surface area contributed by atoms with Crippen molar-refractivity contribution in [3.8, 4) is 5.69 Å². The largest absolute Gasteiger partial charge is 0.480 e. The van der Waals surface area contributed by atoms with Gasteiger partial charge in [0.05, 0.1) is 28.6 Å². The number of carboxylic acid groups (broad SMARTS) is 1. The van der Waals surface area contributed by atoms with Crippen LogP contribution in [0.2, 0.25) is 0 Å². The molecule has 0 radical (unpaired) electrons. The number of nitrogens with one attached hydrogen (secondary N) is 1. The van der Waals surface area contributed by atoms with Crippen LogP contribution < -0.4 is 4.72 Å². The second-order valence-electron chi connectivity index (χ2n) is 6.51. The van der Waals surface area contributed by atoms with Gasteiger partial charge in [0.2, 0.25) is 10.0 Å². The van der Waals surface area contributed by atoms with Crippen LogP contribution in [0, 0.1) is 6.92 Å². The third kappa shape index (κ3) is 5.05. The molecule has 1 heterocycles. The van der Waals surface area contributed by atoms with E-state index < -0.39 is 28.1 Å². The van der Waals surface area contributed by atoms with E-state index in [-0.39, 0.29) is 11.3 Å². The second kappa shape index (κ2) is 8.52. The zero-order valence-corrected chi connectivity index (χ0v) is 16.3. The van der Waals surface area contributed by atoms with Crippen LogP contribution in [0.1, 0.15) is 11.3 Å². The van der Waals surface area contributed by atoms with Crippen molar-refractivity contribution in [2.75, 3.05) is 0 Å². The smallest absolute Gasteiger partial charge is 0.324 e. The number of aliphatic hydroxyl groups is 1. The molecule has 0 saturated heterocycles. The maximum atomic E-state index is 12.5. The van der Waals surface area contributed by atoms with Crippen LogP contribution in [0.25, 0.3) is 5.69 Å². The predicted octanol–water partition coefficient (Wildman–Crippen LogP) is 0.911. The van der Waals surface area contributed by atoms with Gasteiger partial charge < -0.3 is 10.2 Å². The van der Waals surface area contributed by atoms with Gasteiger partial charge in [-0.1, -0.05) is 41.1 Å². The van der Waals surface area contributed by atoms with Gasteiger partial charge in [-0.25, -0.2) is 13.1 Å². The lowest BCUT2D eigenvalue weighted by atomic mass is 10.1. The molecule has 9 nitrogen and oxygen atoms in total. The Morgan fingerprint density at radius 2 is 1.79 bits per heavy atom. The highest BCUT2D eigenvalue weighted by Crippen LogP contribution is 2.13. The average molecular weight is 416 g/mol. The molecular weight excluding hydrogens is 396 g/mol. The number of carboxylic acids is 1. The number of hydrogen-bond donors (Lipinski definition) is 3. The van der Waals surface area contributed by atoms with Crippen molar-refractivity contribution in [1.82, 2.24) is 19.7 Å². The van der Waals surface area contributed by atoms with Gasteiger partial charge in [0, 0.05) is 6.42 Å². The average Bonchev–Trinajstić information content (AvgIpc) is 3.15. The number of rotatable bonds is 8. The number of aryl methyl sites for hydroxylation is 1. The lowest BCUT2D eigenvalue weighted by Gasteiger charge is -2.19. The molecular formula is C19H20N4O5S. The fourth-order valence-corrected chi connectivity index (χ4v) is 3.90. The van der Waals surface area contributed by atoms with Crippen LogP contribution in [-0.2, 0) is 21.2 Å². The third-order valence-corrected chi connectivity index (χ3v) is 5.70. The minimum Gasteiger partial charge on any atom is -0.480 e. The Hall–Kier alpha value is -3.08. The molecule has 3 aromatic rings. The van der Waals surface area contributed by atoms with Crippen LogP contribution in [0.5, 0.6) is 0 Å². The SMILES string of the molecule is Cc1ccc(S(=O)(=O)N[C@H](C(=O)O)[C@H](O)Cc2cn(-c3ccccc3)nn2)cc1. The van der Waals surface area contributed by atoms with Crippen molar-refractivity contribution in [3.63, 3.8) is 0 Å². The number of benzene rings is 2. The molecule has 0 fully saturated rings. The normalized spacial score (nSPS) is 13.7. The molecule has 0 amide bonds. The Bertz CT molecular complexity index is 1080. The highest BCUT2D eigenvalue weighted by Gasteiger charge is 2.32. The van der Waals surface area contributed by atoms with E-state index in [0.29, 0.717) is 5.69 Å². The summed E-state index contributed by atoms with van der Waals surface area (Å²) in [5.41, 5.74) is 1.93. The van der Waals surface area contributed by atoms with Crippen LogP contribution in [-0.4, -0.2) is 51.7 Å². The minimum absolute atomic E-state index is 0.0865. The molecule has 3 N–H and O–H groups in total. The fraction of sp³-hybridized carbons (Fsp3) is 0.211. The van der Waals surface area contributed by atoms with Crippen LogP contribution in [0.15, 0.2) is 65.7 Å². The van der Waals surface area contributed by atoms with Crippen molar-refractivity contribution < 1.29 is 23.4 Å². The summed E-state index contributed by atoms with van der Waals surface area (Å²) < 4.78 is 28.5. The van der Waals surface area contributed by atoms with Gasteiger partial charge in [-0.3, -0.25) is 4.79 Å². The van der Waals surface area contributed by atoms with E-state index in [1.54, 1.807) is 25.3 Å². The van der Waals surface area contributed by atoms with Crippen molar-refractivity contribution >= 4 is 16.0 Å². The number of nitrogens with zero attached hydrogens (tertiary/aromatic N) is 3. The molecule has 152 valence electrons. The Morgan fingerprint density at radius 1 is 1.14 bits per heavy atom. The molecule has 1 aromatic heterocycles. The standard InChI is InChI=1S/C19H20N4O5S/c1-13-7-9-16(10-8-13)29(27,28)21-18(19(25)26)17(24)11-14-12-23(22-20-14)15-5-3-2-4-6-15/h2-10,12,17-18,21,24H,11H2,1H3,(H,25,26)/t17-,18+/m1/s1. The molecule has 0 unspecified atom stereocenters. The first-order chi connectivity index (χ1) is 13.8. The molecule has 0 aliphatic rings. The number of aliphatic carboxylic acids is 1. The van der Waals surface area contributed by atoms with Crippen molar-refractivity contribution in [3.05, 3.63) is 72.1 Å². The molecule has 2 aromatic carbocycles. The summed E-state index contributed by atoms with van der Waals surface area (Å²) >= 11 is 0. The second-order valence-corrected chi connectivity index (χ2v) is 8.23. The van der Waals surface area contributed by atoms with Gasteiger partial charge in [0.25, 0.3) is 0 Å². The lowest BCUT2D eigenvalue weighted by molar-refractivity contribution is -0.141. The first kappa shape index (κ1) is 20.6. The monoisotopic (exact) mass is 416 g/mol. The minimum atomic E-state index is -4.13. The first-order valence-corrected chi connectivity index (χ1v) is 10.2. The van der Waals surface area contributed by atoms with E-state index in [1.807, 2.05) is 30.3 Å². The van der Waals surface area contributed by atoms with Crippen molar-refractivity contribution in [1.29, 1.82) is 0 Å². The summed E-state index contributed by atoms with van der Waals surface area (Å²) in [6.45, 7) is 1.80. The molecule has 3 rings (SSSR count). The summed E-state index contributed by atoms with van der Waals surface area (Å²) in [6, 6.07) is 13.3. The molecule has 0 bridgehead atoms. The van der Waals surface area contributed by atoms with Crippen LogP contribution in [0.3, 0.4) is 0 Å². The van der Waals surface area contributed by atoms with Gasteiger partial charge in [0.1, 0.15) is 6.04 Å². The maximum absolute atomic E-state index is 12.5. The van der Waals surface area contributed by atoms with E-state index >= 15 is 0 Å². The Morgan fingerprint density at radius 3 is 2.41 bits per heavy atom. The molecule has 0 aliphatic carbocycles. The van der Waals surface area contributed by atoms with Crippen molar-refractivity contribution in [2.24, 2.45) is 0 Å². The summed E-state index contributed by atoms with van der Waals surface area (Å²) in [4.78, 5) is 11.5. The number of para-hydroxylation sites is 1. The van der Waals surface area contributed by atoms with Crippen LogP contribution >= 0.6 is 0 Å². The molecule has 10 heteroatoms. The van der Waals surface area contributed by atoms with Gasteiger partial charge >= 0.3 is 5.97 Å². The molecule has 29 heavy (non-hydrogen) atoms. The van der Waals surface area contributed by atoms with Gasteiger partial charge in [-0.2, -0.15) is 4.72 Å². The number of carbonyl (C=O) groups is 1. The molecule has 0 saturated carbocycles. The Labute approximate surface area is 167 Å². The topological polar surface area (TPSA) is 134 Å². The Kier molecular flexibility index (Phi) is 6.06. The maximum Gasteiger partial charge on any atom is 0.324 e. The van der Waals surface area contributed by atoms with Gasteiger partial charge in [0.15, 0.2) is 0 Å². The summed E-state index contributed by atoms with van der Waals surface area (Å²) in [5.74, 6) is -1.50. The van der Waals surface area contributed by atoms with Gasteiger partial charge in [-0.05, 0) is 31.2 Å². The lowest BCUT2D eigenvalue weighted by Crippen LogP contribution is -2.49. The fourth-order valence-electron chi connectivity index (χ4n) is 2.68. The number of aromatic nitrogens is 3. The van der Waals surface area contributed by atoms with E-state index in [2.05, 4.69) is 15.0 Å². The predicted molar refractivity (Wildman–Crippen MR) is 104 cm³/mol. The third-order valence-electron chi connectivity index (χ3n) is 4.24. The molecule has 0 spiro atoms. The van der Waals surface area contributed by atoms with Crippen molar-refractivity contribution in [2.45, 2.75) is 30.4 Å². The molecule has 2 atom stereocenters. The number of sulfonamides is 1. The van der Waals surface area contributed by atoms with Gasteiger partial charge in [-0.15, -0.1) is 5.10 Å². The highest BCUT2D eigenvalue weighted by molar-refractivity contribution is 7.89. The van der Waals surface area contributed by atoms with Crippen LogP contribution in [0.4, 0.5) is 0 Å². The summed E-state index contributed by atoms with van der Waals surface area (Å²) in [6.07, 6.45) is -0.194. The van der Waals surface area contributed by atoms with E-state index in [1.165, 1.54) is 16.8 Å². The van der Waals surface area contributed by atoms with E-state index in [4.69, 9.17) is 0 Å². The van der Waals surface area contributed by atoms with E-state index in [9.17, 15) is 23.4 Å². The number of hydrogen-bond acceptors (Lipinski definition) is 6. The highest BCUT2D eigenvalue weighted by atomic mass is 32.2. The zero-order chi connectivity index (χ0) is 21.0. The summed E-state index contributed by atoms with van der Waals surface area (Å²) in [7, 11) is -4.13. The Balaban J connectivity index is 1.75. The summed E-state index contributed by atoms with van der Waals surface area (Å²) in [5, 5.41) is 27.7. The quantitative estimate of drug-likeness (QED) is 0.497. The van der Waals surface area contributed by atoms with E-state index in [0.717, 1.165) is 11.3 Å².